The van der Waals surface area contributed by atoms with E-state index in [-0.39, 0.29) is 11.7 Å². The highest BCUT2D eigenvalue weighted by atomic mass is 32.2. The molecule has 144 valence electrons. The maximum atomic E-state index is 12.3. The van der Waals surface area contributed by atoms with E-state index in [4.69, 9.17) is 0 Å². The molecule has 0 spiro atoms. The molecule has 2 aliphatic rings. The van der Waals surface area contributed by atoms with Gasteiger partial charge in [0.05, 0.1) is 11.5 Å². The summed E-state index contributed by atoms with van der Waals surface area (Å²) >= 11 is 1.75. The van der Waals surface area contributed by atoms with Gasteiger partial charge in [-0.15, -0.1) is 11.8 Å². The molecule has 1 fully saturated rings. The van der Waals surface area contributed by atoms with Crippen LogP contribution >= 0.6 is 11.8 Å². The van der Waals surface area contributed by atoms with Crippen molar-refractivity contribution in [1.82, 2.24) is 4.31 Å². The number of fused-ring (bicyclic) bond motifs is 1. The number of carbonyl (C=O) groups is 1. The molecule has 0 saturated heterocycles. The Hall–Kier alpha value is -1.05. The van der Waals surface area contributed by atoms with Crippen molar-refractivity contribution in [3.63, 3.8) is 0 Å². The largest absolute Gasteiger partial charge is 0.325 e. The molecule has 1 amide bonds. The molecule has 1 aromatic rings. The monoisotopic (exact) mass is 396 g/mol. The summed E-state index contributed by atoms with van der Waals surface area (Å²) in [7, 11) is -3.19. The van der Waals surface area contributed by atoms with E-state index in [9.17, 15) is 13.2 Å². The van der Waals surface area contributed by atoms with E-state index >= 15 is 0 Å². The van der Waals surface area contributed by atoms with Crippen molar-refractivity contribution in [3.8, 4) is 0 Å². The molecule has 1 N–H and O–H groups in total. The SMILES string of the molecule is CCCS(=O)(=O)N1CCc2ccc(NC(=O)CSC3CCCC3)cc2C1. The van der Waals surface area contributed by atoms with Gasteiger partial charge in [0.15, 0.2) is 0 Å². The van der Waals surface area contributed by atoms with E-state index in [0.29, 0.717) is 30.5 Å². The zero-order valence-electron chi connectivity index (χ0n) is 15.4. The van der Waals surface area contributed by atoms with Crippen LogP contribution in [0.5, 0.6) is 0 Å². The molecule has 1 aliphatic heterocycles. The molecule has 3 rings (SSSR count). The van der Waals surface area contributed by atoms with Crippen LogP contribution in [0.25, 0.3) is 0 Å². The summed E-state index contributed by atoms with van der Waals surface area (Å²) in [5.41, 5.74) is 2.93. The first kappa shape index (κ1) is 19.7. The van der Waals surface area contributed by atoms with E-state index in [1.54, 1.807) is 16.1 Å². The van der Waals surface area contributed by atoms with Crippen molar-refractivity contribution in [2.24, 2.45) is 0 Å². The second-order valence-corrected chi connectivity index (χ2v) is 10.5. The van der Waals surface area contributed by atoms with E-state index in [2.05, 4.69) is 5.32 Å². The van der Waals surface area contributed by atoms with Gasteiger partial charge in [-0.05, 0) is 48.9 Å². The first-order chi connectivity index (χ1) is 12.5. The van der Waals surface area contributed by atoms with Crippen molar-refractivity contribution in [2.45, 2.75) is 57.2 Å². The fourth-order valence-corrected chi connectivity index (χ4v) is 6.28. The number of rotatable bonds is 7. The molecule has 0 radical (unpaired) electrons. The van der Waals surface area contributed by atoms with Crippen LogP contribution in [0.4, 0.5) is 5.69 Å². The Morgan fingerprint density at radius 3 is 2.77 bits per heavy atom. The maximum Gasteiger partial charge on any atom is 0.234 e. The number of thioether (sulfide) groups is 1. The van der Waals surface area contributed by atoms with Crippen LogP contribution in [0.2, 0.25) is 0 Å². The number of benzene rings is 1. The molecule has 1 heterocycles. The molecule has 7 heteroatoms. The maximum absolute atomic E-state index is 12.3. The van der Waals surface area contributed by atoms with Crippen LogP contribution in [0.15, 0.2) is 18.2 Å². The van der Waals surface area contributed by atoms with Crippen molar-refractivity contribution in [1.29, 1.82) is 0 Å². The lowest BCUT2D eigenvalue weighted by Crippen LogP contribution is -2.37. The number of hydrogen-bond acceptors (Lipinski definition) is 4. The van der Waals surface area contributed by atoms with E-state index in [1.165, 1.54) is 31.2 Å². The van der Waals surface area contributed by atoms with Gasteiger partial charge in [0.2, 0.25) is 15.9 Å². The Kier molecular flexibility index (Phi) is 6.64. The summed E-state index contributed by atoms with van der Waals surface area (Å²) in [5.74, 6) is 0.698. The molecule has 0 aromatic heterocycles. The molecule has 1 saturated carbocycles. The van der Waals surface area contributed by atoms with Crippen LogP contribution in [0.3, 0.4) is 0 Å². The summed E-state index contributed by atoms with van der Waals surface area (Å²) in [6.07, 6.45) is 6.35. The number of nitrogens with zero attached hydrogens (tertiary/aromatic N) is 1. The van der Waals surface area contributed by atoms with Gasteiger partial charge in [0.25, 0.3) is 0 Å². The summed E-state index contributed by atoms with van der Waals surface area (Å²) in [4.78, 5) is 12.2. The zero-order chi connectivity index (χ0) is 18.6. The Morgan fingerprint density at radius 2 is 2.04 bits per heavy atom. The summed E-state index contributed by atoms with van der Waals surface area (Å²) in [6, 6.07) is 5.87. The zero-order valence-corrected chi connectivity index (χ0v) is 17.0. The summed E-state index contributed by atoms with van der Waals surface area (Å²) < 4.78 is 26.2. The molecule has 1 aliphatic carbocycles. The van der Waals surface area contributed by atoms with E-state index in [0.717, 1.165) is 17.7 Å². The predicted molar refractivity (Wildman–Crippen MR) is 108 cm³/mol. The average molecular weight is 397 g/mol. The van der Waals surface area contributed by atoms with Crippen molar-refractivity contribution in [3.05, 3.63) is 29.3 Å². The fraction of sp³-hybridized carbons (Fsp3) is 0.632. The van der Waals surface area contributed by atoms with Crippen molar-refractivity contribution < 1.29 is 13.2 Å². The standard InChI is InChI=1S/C19H28N2O3S2/c1-2-11-26(23,24)21-10-9-15-7-8-17(12-16(15)13-21)20-19(22)14-25-18-5-3-4-6-18/h7-8,12,18H,2-6,9-11,13-14H2,1H3,(H,20,22). The van der Waals surface area contributed by atoms with E-state index in [1.807, 2.05) is 25.1 Å². The highest BCUT2D eigenvalue weighted by Crippen LogP contribution is 2.29. The Balaban J connectivity index is 1.60. The molecular weight excluding hydrogens is 368 g/mol. The van der Waals surface area contributed by atoms with Gasteiger partial charge in [-0.3, -0.25) is 4.79 Å². The minimum atomic E-state index is -3.19. The highest BCUT2D eigenvalue weighted by molar-refractivity contribution is 8.00. The molecule has 0 unspecified atom stereocenters. The lowest BCUT2D eigenvalue weighted by Gasteiger charge is -2.28. The van der Waals surface area contributed by atoms with Gasteiger partial charge in [-0.2, -0.15) is 4.31 Å². The third-order valence-corrected chi connectivity index (χ3v) is 8.47. The van der Waals surface area contributed by atoms with Gasteiger partial charge in [0.1, 0.15) is 0 Å². The summed E-state index contributed by atoms with van der Waals surface area (Å²) in [5, 5.41) is 3.59. The quantitative estimate of drug-likeness (QED) is 0.767. The van der Waals surface area contributed by atoms with Crippen LogP contribution in [0, 0.1) is 0 Å². The predicted octanol–water partition coefficient (Wildman–Crippen LogP) is 3.40. The number of hydrogen-bond donors (Lipinski definition) is 1. The smallest absolute Gasteiger partial charge is 0.234 e. The Morgan fingerprint density at radius 1 is 1.27 bits per heavy atom. The van der Waals surface area contributed by atoms with Gasteiger partial charge >= 0.3 is 0 Å². The van der Waals surface area contributed by atoms with Crippen LogP contribution in [-0.2, 0) is 27.8 Å². The Labute approximate surface area is 161 Å². The van der Waals surface area contributed by atoms with Crippen LogP contribution in [-0.4, -0.2) is 41.9 Å². The van der Waals surface area contributed by atoms with Gasteiger partial charge in [-0.25, -0.2) is 8.42 Å². The molecule has 1 aromatic carbocycles. The number of anilines is 1. The summed E-state index contributed by atoms with van der Waals surface area (Å²) in [6.45, 7) is 2.82. The van der Waals surface area contributed by atoms with Crippen molar-refractivity contribution in [2.75, 3.05) is 23.4 Å². The third-order valence-electron chi connectivity index (χ3n) is 5.08. The first-order valence-corrected chi connectivity index (χ1v) is 12.1. The number of sulfonamides is 1. The third kappa shape index (κ3) is 5.02. The number of nitrogens with one attached hydrogen (secondary N) is 1. The second kappa shape index (κ2) is 8.76. The van der Waals surface area contributed by atoms with Crippen LogP contribution in [0.1, 0.15) is 50.2 Å². The van der Waals surface area contributed by atoms with Crippen LogP contribution < -0.4 is 5.32 Å². The normalized spacial score (nSPS) is 18.7. The van der Waals surface area contributed by atoms with Gasteiger partial charge in [0, 0.05) is 24.0 Å². The van der Waals surface area contributed by atoms with Gasteiger partial charge < -0.3 is 5.32 Å². The highest BCUT2D eigenvalue weighted by Gasteiger charge is 2.26. The lowest BCUT2D eigenvalue weighted by molar-refractivity contribution is -0.113. The van der Waals surface area contributed by atoms with Gasteiger partial charge in [-0.1, -0.05) is 25.8 Å². The molecule has 0 bridgehead atoms. The fourth-order valence-electron chi connectivity index (χ4n) is 3.68. The minimum absolute atomic E-state index is 0.0214. The molecule has 26 heavy (non-hydrogen) atoms. The number of carbonyl (C=O) groups excluding carboxylic acids is 1. The molecular formula is C19H28N2O3S2. The van der Waals surface area contributed by atoms with Crippen molar-refractivity contribution >= 4 is 33.4 Å². The second-order valence-electron chi connectivity index (χ2n) is 7.15. The first-order valence-electron chi connectivity index (χ1n) is 9.49. The topological polar surface area (TPSA) is 66.5 Å². The average Bonchev–Trinajstić information content (AvgIpc) is 3.13. The van der Waals surface area contributed by atoms with E-state index < -0.39 is 10.0 Å². The molecule has 0 atom stereocenters. The molecule has 5 nitrogen and oxygen atoms in total. The lowest BCUT2D eigenvalue weighted by atomic mass is 10.0. The number of amides is 1. The minimum Gasteiger partial charge on any atom is -0.325 e. The Bertz CT molecular complexity index is 743.